The van der Waals surface area contributed by atoms with Crippen molar-refractivity contribution in [2.45, 2.75) is 0 Å². The Kier molecular flexibility index (Phi) is 8.60. The molecule has 3 aromatic heterocycles. The van der Waals surface area contributed by atoms with Crippen LogP contribution in [0.25, 0.3) is 104 Å². The molecule has 0 radical (unpaired) electrons. The number of benzene rings is 7. The number of aromatic nitrogens is 6. The third kappa shape index (κ3) is 6.48. The van der Waals surface area contributed by atoms with Crippen LogP contribution in [0.1, 0.15) is 0 Å². The minimum absolute atomic E-state index is 0.583. The molecule has 0 amide bonds. The maximum atomic E-state index is 7.29. The summed E-state index contributed by atoms with van der Waals surface area (Å²) < 4.78 is 2.17. The van der Waals surface area contributed by atoms with Crippen LogP contribution in [0, 0.1) is 6.57 Å². The van der Waals surface area contributed by atoms with E-state index in [1.165, 1.54) is 0 Å². The molecule has 8 heteroatoms. The van der Waals surface area contributed by atoms with Crippen LogP contribution in [0.4, 0.5) is 5.69 Å². The number of hydrogen-bond acceptors (Lipinski definition) is 7. The zero-order chi connectivity index (χ0) is 38.1. The van der Waals surface area contributed by atoms with Crippen LogP contribution in [0.2, 0.25) is 0 Å². The van der Waals surface area contributed by atoms with Crippen LogP contribution < -0.4 is 0 Å². The van der Waals surface area contributed by atoms with Gasteiger partial charge in [0.25, 0.3) is 0 Å². The first-order valence-electron chi connectivity index (χ1n) is 18.4. The molecule has 0 N–H and O–H groups in total. The van der Waals surface area contributed by atoms with Gasteiger partial charge in [-0.25, -0.2) is 34.7 Å². The Morgan fingerprint density at radius 3 is 1.26 bits per heavy atom. The Balaban J connectivity index is 1.13. The molecule has 0 aliphatic carbocycles. The lowest BCUT2D eigenvalue weighted by atomic mass is 10.0. The van der Waals surface area contributed by atoms with Gasteiger partial charge in [0.1, 0.15) is 0 Å². The molecule has 0 aliphatic rings. The lowest BCUT2D eigenvalue weighted by Crippen LogP contribution is -2.00. The van der Waals surface area contributed by atoms with E-state index in [1.807, 2.05) is 127 Å². The van der Waals surface area contributed by atoms with E-state index in [1.54, 1.807) is 11.3 Å². The van der Waals surface area contributed by atoms with E-state index in [0.29, 0.717) is 40.6 Å². The Bertz CT molecular complexity index is 3050. The van der Waals surface area contributed by atoms with E-state index in [2.05, 4.69) is 53.4 Å². The second-order valence-corrected chi connectivity index (χ2v) is 14.5. The van der Waals surface area contributed by atoms with E-state index >= 15 is 0 Å². The van der Waals surface area contributed by atoms with E-state index in [4.69, 9.17) is 36.5 Å². The summed E-state index contributed by atoms with van der Waals surface area (Å²) in [7, 11) is 0. The van der Waals surface area contributed by atoms with Crippen LogP contribution in [-0.4, -0.2) is 29.9 Å². The monoisotopic (exact) mass is 747 g/mol. The van der Waals surface area contributed by atoms with Gasteiger partial charge in [-0.1, -0.05) is 164 Å². The normalized spacial score (nSPS) is 11.1. The molecule has 0 aliphatic heterocycles. The molecule has 3 heterocycles. The van der Waals surface area contributed by atoms with Crippen LogP contribution in [0.3, 0.4) is 0 Å². The average Bonchev–Trinajstić information content (AvgIpc) is 3.69. The van der Waals surface area contributed by atoms with Crippen molar-refractivity contribution in [1.29, 1.82) is 0 Å². The summed E-state index contributed by atoms with van der Waals surface area (Å²) in [6.07, 6.45) is 0. The minimum atomic E-state index is 0.583. The first-order chi connectivity index (χ1) is 28.2. The fraction of sp³-hybridized carbons (Fsp3) is 0. The predicted octanol–water partition coefficient (Wildman–Crippen LogP) is 12.6. The fourth-order valence-electron chi connectivity index (χ4n) is 7.02. The van der Waals surface area contributed by atoms with Gasteiger partial charge in [-0.2, -0.15) is 0 Å². The lowest BCUT2D eigenvalue weighted by molar-refractivity contribution is 1.08. The van der Waals surface area contributed by atoms with Crippen molar-refractivity contribution < 1.29 is 0 Å². The van der Waals surface area contributed by atoms with Gasteiger partial charge >= 0.3 is 0 Å². The first-order valence-corrected chi connectivity index (χ1v) is 19.2. The predicted molar refractivity (Wildman–Crippen MR) is 230 cm³/mol. The maximum Gasteiger partial charge on any atom is 0.187 e. The van der Waals surface area contributed by atoms with Gasteiger partial charge in [-0.3, -0.25) is 0 Å². The minimum Gasteiger partial charge on any atom is -0.238 e. The zero-order valence-corrected chi connectivity index (χ0v) is 31.1. The SMILES string of the molecule is [C-]#[N+]c1ccc(-c2ccc(-c3nc(-c4ccccc4)nc(-c4cccc5c4sc4cccc(-c6nc(-c7ccccc7)nc(-c7ccccc7)n6)c45)n3)cc2)cc1. The van der Waals surface area contributed by atoms with Crippen LogP contribution in [-0.2, 0) is 0 Å². The van der Waals surface area contributed by atoms with Crippen LogP contribution >= 0.6 is 11.3 Å². The first kappa shape index (κ1) is 33.8. The highest BCUT2D eigenvalue weighted by atomic mass is 32.1. The van der Waals surface area contributed by atoms with Crippen molar-refractivity contribution in [3.05, 3.63) is 187 Å². The molecule has 0 unspecified atom stereocenters. The third-order valence-electron chi connectivity index (χ3n) is 9.84. The Labute approximate surface area is 332 Å². The summed E-state index contributed by atoms with van der Waals surface area (Å²) in [5.74, 6) is 3.62. The molecule has 10 rings (SSSR count). The summed E-state index contributed by atoms with van der Waals surface area (Å²) in [6.45, 7) is 7.29. The van der Waals surface area contributed by atoms with Gasteiger partial charge in [0.15, 0.2) is 40.6 Å². The summed E-state index contributed by atoms with van der Waals surface area (Å²) in [5, 5.41) is 2.14. The molecule has 10 aromatic rings. The largest absolute Gasteiger partial charge is 0.238 e. The molecule has 7 nitrogen and oxygen atoms in total. The molecule has 0 bridgehead atoms. The van der Waals surface area contributed by atoms with Crippen molar-refractivity contribution in [1.82, 2.24) is 29.9 Å². The van der Waals surface area contributed by atoms with Crippen molar-refractivity contribution in [3.8, 4) is 79.5 Å². The summed E-state index contributed by atoms with van der Waals surface area (Å²) in [5.41, 5.74) is 8.18. The lowest BCUT2D eigenvalue weighted by Gasteiger charge is -2.10. The van der Waals surface area contributed by atoms with Gasteiger partial charge in [0.2, 0.25) is 0 Å². The van der Waals surface area contributed by atoms with Crippen molar-refractivity contribution in [2.75, 3.05) is 0 Å². The van der Waals surface area contributed by atoms with Gasteiger partial charge in [-0.15, -0.1) is 11.3 Å². The van der Waals surface area contributed by atoms with E-state index < -0.39 is 0 Å². The highest BCUT2D eigenvalue weighted by Crippen LogP contribution is 2.43. The van der Waals surface area contributed by atoms with Crippen molar-refractivity contribution in [2.24, 2.45) is 0 Å². The average molecular weight is 748 g/mol. The molecule has 0 fully saturated rings. The zero-order valence-electron chi connectivity index (χ0n) is 30.3. The molecule has 266 valence electrons. The van der Waals surface area contributed by atoms with Crippen molar-refractivity contribution in [3.63, 3.8) is 0 Å². The smallest absolute Gasteiger partial charge is 0.187 e. The van der Waals surface area contributed by atoms with Crippen molar-refractivity contribution >= 4 is 37.2 Å². The van der Waals surface area contributed by atoms with Gasteiger partial charge in [-0.05, 0) is 23.3 Å². The number of thiophene rings is 1. The van der Waals surface area contributed by atoms with E-state index in [9.17, 15) is 0 Å². The number of hydrogen-bond donors (Lipinski definition) is 0. The maximum absolute atomic E-state index is 7.29. The fourth-order valence-corrected chi connectivity index (χ4v) is 8.26. The molecule has 7 aromatic carbocycles. The Morgan fingerprint density at radius 1 is 0.351 bits per heavy atom. The molecule has 0 atom stereocenters. The van der Waals surface area contributed by atoms with Gasteiger partial charge in [0.05, 0.1) is 6.57 Å². The standard InChI is InChI=1S/C49H29N7S/c1-50-37-29-27-32(28-30-37)31-23-25-36(26-24-31)47-52-46(35-17-9-4-10-18-35)55-49(56-47)40-21-11-19-38-42-39(20-12-22-41(42)57-43(38)40)48-53-44(33-13-5-2-6-14-33)51-45(54-48)34-15-7-3-8-16-34/h2-30H. The molecule has 57 heavy (non-hydrogen) atoms. The van der Waals surface area contributed by atoms with Gasteiger partial charge in [0, 0.05) is 53.6 Å². The van der Waals surface area contributed by atoms with Crippen LogP contribution in [0.15, 0.2) is 176 Å². The second kappa shape index (κ2) is 14.5. The topological polar surface area (TPSA) is 81.7 Å². The van der Waals surface area contributed by atoms with Crippen LogP contribution in [0.5, 0.6) is 0 Å². The number of fused-ring (bicyclic) bond motifs is 3. The van der Waals surface area contributed by atoms with Gasteiger partial charge < -0.3 is 0 Å². The number of rotatable bonds is 7. The highest BCUT2D eigenvalue weighted by molar-refractivity contribution is 7.26. The van der Waals surface area contributed by atoms with E-state index in [-0.39, 0.29) is 0 Å². The molecular weight excluding hydrogens is 719 g/mol. The second-order valence-electron chi connectivity index (χ2n) is 13.4. The third-order valence-corrected chi connectivity index (χ3v) is 11.0. The molecule has 0 saturated heterocycles. The molecular formula is C49H29N7S. The molecule has 0 spiro atoms. The summed E-state index contributed by atoms with van der Waals surface area (Å²) in [4.78, 5) is 33.8. The van der Waals surface area contributed by atoms with E-state index in [0.717, 1.165) is 64.7 Å². The highest BCUT2D eigenvalue weighted by Gasteiger charge is 2.20. The number of nitrogens with zero attached hydrogens (tertiary/aromatic N) is 7. The summed E-state index contributed by atoms with van der Waals surface area (Å²) >= 11 is 1.71. The quantitative estimate of drug-likeness (QED) is 0.151. The summed E-state index contributed by atoms with van der Waals surface area (Å²) in [6, 6.07) is 58.6. The molecule has 0 saturated carbocycles. The Hall–Kier alpha value is -7.73. The Morgan fingerprint density at radius 2 is 0.754 bits per heavy atom.